The average molecular weight is 152 g/mol. The van der Waals surface area contributed by atoms with E-state index in [1.165, 1.54) is 0 Å². The number of hydrogen-bond donors (Lipinski definition) is 2. The molecule has 5 heteroatoms. The van der Waals surface area contributed by atoms with Crippen molar-refractivity contribution < 1.29 is 19.0 Å². The lowest BCUT2D eigenvalue weighted by Crippen LogP contribution is -2.08. The van der Waals surface area contributed by atoms with Gasteiger partial charge in [-0.25, -0.2) is 0 Å². The molecule has 0 spiro atoms. The predicted molar refractivity (Wildman–Crippen MR) is 31.7 cm³/mol. The Morgan fingerprint density at radius 1 is 1.56 bits per heavy atom. The molecule has 0 aromatic rings. The predicted octanol–water partition coefficient (Wildman–Crippen LogP) is 0.00340. The van der Waals surface area contributed by atoms with Crippen molar-refractivity contribution in [3.05, 3.63) is 0 Å². The van der Waals surface area contributed by atoms with Gasteiger partial charge in [0.15, 0.2) is 0 Å². The van der Waals surface area contributed by atoms with Crippen molar-refractivity contribution in [2.45, 2.75) is 12.5 Å². The minimum atomic E-state index is -2.19. The Kier molecular flexibility index (Phi) is 2.82. The fraction of sp³-hybridized carbons (Fsp3) is 1.00. The highest BCUT2D eigenvalue weighted by Crippen LogP contribution is 2.29. The van der Waals surface area contributed by atoms with Gasteiger partial charge in [0.25, 0.3) is 0 Å². The fourth-order valence-electron chi connectivity index (χ4n) is 0.729. The molecule has 1 fully saturated rings. The molecule has 54 valence electrons. The molecule has 0 saturated carbocycles. The maximum Gasteiger partial charge on any atom is 0.327 e. The van der Waals surface area contributed by atoms with E-state index in [0.717, 1.165) is 6.42 Å². The van der Waals surface area contributed by atoms with Gasteiger partial charge in [-0.1, -0.05) is 0 Å². The Labute approximate surface area is 54.4 Å². The summed E-state index contributed by atoms with van der Waals surface area (Å²) in [5, 5.41) is 0. The van der Waals surface area contributed by atoms with Crippen LogP contribution in [0.1, 0.15) is 6.42 Å². The summed E-state index contributed by atoms with van der Waals surface area (Å²) >= 11 is 0. The summed E-state index contributed by atoms with van der Waals surface area (Å²) < 4.78 is 9.58. The SMILES string of the molecule is OP(O)OC1CCOC1. The molecule has 0 aliphatic carbocycles. The Hall–Kier alpha value is 0.270. The lowest BCUT2D eigenvalue weighted by molar-refractivity contribution is 0.129. The van der Waals surface area contributed by atoms with E-state index < -0.39 is 8.60 Å². The second kappa shape index (κ2) is 3.44. The molecular formula is C4H9O4P. The highest BCUT2D eigenvalue weighted by Gasteiger charge is 2.18. The Bertz CT molecular complexity index is 80.6. The van der Waals surface area contributed by atoms with Crippen LogP contribution in [0.15, 0.2) is 0 Å². The normalized spacial score (nSPS) is 27.7. The van der Waals surface area contributed by atoms with Gasteiger partial charge >= 0.3 is 8.60 Å². The first kappa shape index (κ1) is 7.38. The minimum absolute atomic E-state index is 0.105. The average Bonchev–Trinajstić information content (AvgIpc) is 2.15. The molecule has 1 unspecified atom stereocenters. The van der Waals surface area contributed by atoms with Gasteiger partial charge in [0.2, 0.25) is 0 Å². The van der Waals surface area contributed by atoms with Crippen LogP contribution in [0.5, 0.6) is 0 Å². The summed E-state index contributed by atoms with van der Waals surface area (Å²) in [6, 6.07) is 0. The van der Waals surface area contributed by atoms with E-state index >= 15 is 0 Å². The largest absolute Gasteiger partial charge is 0.379 e. The molecule has 0 radical (unpaired) electrons. The molecule has 0 bridgehead atoms. The zero-order chi connectivity index (χ0) is 6.69. The lowest BCUT2D eigenvalue weighted by Gasteiger charge is -2.07. The van der Waals surface area contributed by atoms with Gasteiger partial charge in [-0.05, 0) is 6.42 Å². The molecule has 0 amide bonds. The van der Waals surface area contributed by atoms with Crippen LogP contribution in [0.25, 0.3) is 0 Å². The van der Waals surface area contributed by atoms with E-state index in [1.54, 1.807) is 0 Å². The zero-order valence-corrected chi connectivity index (χ0v) is 5.75. The summed E-state index contributed by atoms with van der Waals surface area (Å²) in [6.45, 7) is 1.15. The molecule has 1 aliphatic rings. The summed E-state index contributed by atoms with van der Waals surface area (Å²) in [5.41, 5.74) is 0. The molecule has 0 aromatic carbocycles. The van der Waals surface area contributed by atoms with E-state index in [-0.39, 0.29) is 6.10 Å². The molecular weight excluding hydrogens is 143 g/mol. The molecule has 1 saturated heterocycles. The van der Waals surface area contributed by atoms with E-state index in [9.17, 15) is 0 Å². The standard InChI is InChI=1S/C4H9O4P/c5-9(6)8-4-1-2-7-3-4/h4-6H,1-3H2. The number of ether oxygens (including phenoxy) is 1. The number of rotatable bonds is 2. The van der Waals surface area contributed by atoms with Gasteiger partial charge in [-0.2, -0.15) is 0 Å². The quantitative estimate of drug-likeness (QED) is 0.547. The van der Waals surface area contributed by atoms with Crippen molar-refractivity contribution in [3.63, 3.8) is 0 Å². The Balaban J connectivity index is 2.11. The van der Waals surface area contributed by atoms with Crippen LogP contribution in [-0.4, -0.2) is 29.1 Å². The monoisotopic (exact) mass is 152 g/mol. The number of hydrogen-bond acceptors (Lipinski definition) is 4. The highest BCUT2D eigenvalue weighted by atomic mass is 31.2. The van der Waals surface area contributed by atoms with E-state index in [0.29, 0.717) is 13.2 Å². The second-order valence-electron chi connectivity index (χ2n) is 1.84. The summed E-state index contributed by atoms with van der Waals surface area (Å²) in [4.78, 5) is 16.7. The molecule has 1 rings (SSSR count). The Morgan fingerprint density at radius 3 is 2.78 bits per heavy atom. The first-order valence-corrected chi connectivity index (χ1v) is 3.88. The maximum atomic E-state index is 8.36. The summed E-state index contributed by atoms with van der Waals surface area (Å²) in [5.74, 6) is 0. The minimum Gasteiger partial charge on any atom is -0.379 e. The van der Waals surface area contributed by atoms with Crippen molar-refractivity contribution in [2.75, 3.05) is 13.2 Å². The van der Waals surface area contributed by atoms with E-state index in [1.807, 2.05) is 0 Å². The highest BCUT2D eigenvalue weighted by molar-refractivity contribution is 7.39. The van der Waals surface area contributed by atoms with Crippen LogP contribution in [0, 0.1) is 0 Å². The summed E-state index contributed by atoms with van der Waals surface area (Å²) in [6.07, 6.45) is 0.658. The third-order valence-corrected chi connectivity index (χ3v) is 1.62. The van der Waals surface area contributed by atoms with Gasteiger partial charge in [-0.3, -0.25) is 0 Å². The van der Waals surface area contributed by atoms with Crippen LogP contribution >= 0.6 is 8.60 Å². The third-order valence-electron chi connectivity index (χ3n) is 1.13. The lowest BCUT2D eigenvalue weighted by atomic mass is 10.3. The van der Waals surface area contributed by atoms with Crippen molar-refractivity contribution in [1.29, 1.82) is 0 Å². The van der Waals surface area contributed by atoms with Crippen LogP contribution in [-0.2, 0) is 9.26 Å². The second-order valence-corrected chi connectivity index (χ2v) is 2.56. The smallest absolute Gasteiger partial charge is 0.327 e. The van der Waals surface area contributed by atoms with Crippen molar-refractivity contribution in [1.82, 2.24) is 0 Å². The fourth-order valence-corrected chi connectivity index (χ4v) is 1.16. The van der Waals surface area contributed by atoms with E-state index in [2.05, 4.69) is 4.52 Å². The molecule has 0 aromatic heterocycles. The molecule has 4 nitrogen and oxygen atoms in total. The molecule has 2 N–H and O–H groups in total. The van der Waals surface area contributed by atoms with Crippen LogP contribution in [0.2, 0.25) is 0 Å². The van der Waals surface area contributed by atoms with E-state index in [4.69, 9.17) is 14.5 Å². The van der Waals surface area contributed by atoms with Crippen molar-refractivity contribution >= 4 is 8.60 Å². The van der Waals surface area contributed by atoms with Gasteiger partial charge in [0.05, 0.1) is 12.7 Å². The van der Waals surface area contributed by atoms with Crippen LogP contribution in [0.4, 0.5) is 0 Å². The zero-order valence-electron chi connectivity index (χ0n) is 4.86. The molecule has 1 heterocycles. The molecule has 9 heavy (non-hydrogen) atoms. The van der Waals surface area contributed by atoms with Gasteiger partial charge < -0.3 is 19.0 Å². The van der Waals surface area contributed by atoms with Crippen LogP contribution < -0.4 is 0 Å². The first-order chi connectivity index (χ1) is 4.29. The van der Waals surface area contributed by atoms with Gasteiger partial charge in [0, 0.05) is 6.61 Å². The first-order valence-electron chi connectivity index (χ1n) is 2.71. The van der Waals surface area contributed by atoms with Gasteiger partial charge in [-0.15, -0.1) is 0 Å². The topological polar surface area (TPSA) is 58.9 Å². The Morgan fingerprint density at radius 2 is 2.33 bits per heavy atom. The maximum absolute atomic E-state index is 8.36. The summed E-state index contributed by atoms with van der Waals surface area (Å²) in [7, 11) is -2.19. The van der Waals surface area contributed by atoms with Gasteiger partial charge in [0.1, 0.15) is 0 Å². The van der Waals surface area contributed by atoms with Crippen molar-refractivity contribution in [2.24, 2.45) is 0 Å². The third kappa shape index (κ3) is 2.56. The van der Waals surface area contributed by atoms with Crippen LogP contribution in [0.3, 0.4) is 0 Å². The molecule has 1 aliphatic heterocycles. The van der Waals surface area contributed by atoms with Crippen molar-refractivity contribution in [3.8, 4) is 0 Å². The molecule has 1 atom stereocenters.